The summed E-state index contributed by atoms with van der Waals surface area (Å²) in [6.45, 7) is 4.39. The van der Waals surface area contributed by atoms with E-state index in [1.54, 1.807) is 19.3 Å². The Balaban J connectivity index is 1.93. The van der Waals surface area contributed by atoms with Gasteiger partial charge in [0.05, 0.1) is 12.7 Å². The normalized spacial score (nSPS) is 12.2. The zero-order valence-electron chi connectivity index (χ0n) is 11.3. The molecule has 19 heavy (non-hydrogen) atoms. The van der Waals surface area contributed by atoms with E-state index in [1.807, 2.05) is 37.3 Å². The third-order valence-electron chi connectivity index (χ3n) is 3.08. The summed E-state index contributed by atoms with van der Waals surface area (Å²) in [6.07, 6.45) is 4.00. The molecule has 0 aliphatic carbocycles. The smallest absolute Gasteiger partial charge is 0.122 e. The number of benzene rings is 1. The largest absolute Gasteiger partial charge is 0.493 e. The fourth-order valence-electron chi connectivity index (χ4n) is 1.92. The molecule has 0 amide bonds. The fourth-order valence-corrected chi connectivity index (χ4v) is 1.92. The van der Waals surface area contributed by atoms with Gasteiger partial charge >= 0.3 is 0 Å². The molecule has 0 unspecified atom stereocenters. The first-order valence-corrected chi connectivity index (χ1v) is 6.47. The number of nitrogens with zero attached hydrogens (tertiary/aromatic N) is 1. The maximum atomic E-state index is 9.52. The molecule has 0 aliphatic rings. The summed E-state index contributed by atoms with van der Waals surface area (Å²) in [5.41, 5.74) is 3.18. The molecule has 0 aliphatic heterocycles. The molecule has 1 heterocycles. The molecule has 0 radical (unpaired) electrons. The Labute approximate surface area is 113 Å². The van der Waals surface area contributed by atoms with Crippen molar-refractivity contribution >= 4 is 0 Å². The van der Waals surface area contributed by atoms with Crippen LogP contribution in [0.4, 0.5) is 0 Å². The van der Waals surface area contributed by atoms with E-state index in [-0.39, 0.29) is 0 Å². The Morgan fingerprint density at radius 3 is 2.58 bits per heavy atom. The lowest BCUT2D eigenvalue weighted by Gasteiger charge is -2.12. The number of aromatic nitrogens is 1. The predicted molar refractivity (Wildman–Crippen MR) is 75.2 cm³/mol. The van der Waals surface area contributed by atoms with Crippen LogP contribution < -0.4 is 4.74 Å². The number of aliphatic hydroxyl groups is 1. The summed E-state index contributed by atoms with van der Waals surface area (Å²) in [4.78, 5) is 3.99. The lowest BCUT2D eigenvalue weighted by molar-refractivity contribution is 0.199. The van der Waals surface area contributed by atoms with Crippen molar-refractivity contribution in [3.05, 3.63) is 59.4 Å². The molecule has 2 rings (SSSR count). The van der Waals surface area contributed by atoms with E-state index in [0.29, 0.717) is 6.61 Å². The van der Waals surface area contributed by atoms with Crippen LogP contribution in [0.2, 0.25) is 0 Å². The average Bonchev–Trinajstić information content (AvgIpc) is 2.41. The number of aliphatic hydroxyl groups excluding tert-OH is 1. The molecule has 1 N–H and O–H groups in total. The van der Waals surface area contributed by atoms with Gasteiger partial charge in [-0.1, -0.05) is 6.07 Å². The Bertz CT molecular complexity index is 524. The third-order valence-corrected chi connectivity index (χ3v) is 3.08. The van der Waals surface area contributed by atoms with Gasteiger partial charge in [-0.25, -0.2) is 0 Å². The molecule has 0 spiro atoms. The zero-order chi connectivity index (χ0) is 13.7. The number of pyridine rings is 1. The van der Waals surface area contributed by atoms with Crippen LogP contribution in [0.5, 0.6) is 5.75 Å². The highest BCUT2D eigenvalue weighted by Gasteiger charge is 2.05. The summed E-state index contributed by atoms with van der Waals surface area (Å²) in [5.74, 6) is 0.874. The van der Waals surface area contributed by atoms with E-state index in [0.717, 1.165) is 23.3 Å². The molecule has 0 saturated carbocycles. The molecule has 1 aromatic carbocycles. The number of ether oxygens (including phenoxy) is 1. The van der Waals surface area contributed by atoms with Gasteiger partial charge in [0.1, 0.15) is 5.75 Å². The molecule has 0 saturated heterocycles. The summed E-state index contributed by atoms with van der Waals surface area (Å²) >= 11 is 0. The number of hydrogen-bond acceptors (Lipinski definition) is 3. The number of aryl methyl sites for hydroxylation is 1. The molecule has 1 atom stereocenters. The second-order valence-corrected chi connectivity index (χ2v) is 4.65. The molecule has 0 fully saturated rings. The molecule has 100 valence electrons. The van der Waals surface area contributed by atoms with Crippen molar-refractivity contribution in [1.82, 2.24) is 4.98 Å². The molecule has 0 bridgehead atoms. The van der Waals surface area contributed by atoms with E-state index >= 15 is 0 Å². The van der Waals surface area contributed by atoms with Crippen LogP contribution in [-0.2, 0) is 6.42 Å². The third kappa shape index (κ3) is 3.80. The minimum Gasteiger partial charge on any atom is -0.493 e. The maximum absolute atomic E-state index is 9.52. The fraction of sp³-hybridized carbons (Fsp3) is 0.312. The highest BCUT2D eigenvalue weighted by molar-refractivity contribution is 5.37. The summed E-state index contributed by atoms with van der Waals surface area (Å²) in [6, 6.07) is 9.77. The van der Waals surface area contributed by atoms with Crippen LogP contribution in [0.1, 0.15) is 29.7 Å². The van der Waals surface area contributed by atoms with Gasteiger partial charge < -0.3 is 9.84 Å². The Kier molecular flexibility index (Phi) is 4.53. The van der Waals surface area contributed by atoms with Crippen LogP contribution in [-0.4, -0.2) is 16.7 Å². The van der Waals surface area contributed by atoms with Crippen LogP contribution in [0.25, 0.3) is 0 Å². The van der Waals surface area contributed by atoms with Crippen LogP contribution in [0.3, 0.4) is 0 Å². The molecule has 2 aromatic rings. The van der Waals surface area contributed by atoms with Crippen LogP contribution >= 0.6 is 0 Å². The van der Waals surface area contributed by atoms with Gasteiger partial charge in [0.2, 0.25) is 0 Å². The van der Waals surface area contributed by atoms with Gasteiger partial charge in [0, 0.05) is 18.8 Å². The Hall–Kier alpha value is -1.87. The first-order valence-electron chi connectivity index (χ1n) is 6.47. The highest BCUT2D eigenvalue weighted by atomic mass is 16.5. The second-order valence-electron chi connectivity index (χ2n) is 4.65. The first-order chi connectivity index (χ1) is 9.16. The Morgan fingerprint density at radius 1 is 1.21 bits per heavy atom. The molecule has 1 aromatic heterocycles. The van der Waals surface area contributed by atoms with Crippen molar-refractivity contribution in [1.29, 1.82) is 0 Å². The number of hydrogen-bond donors (Lipinski definition) is 1. The van der Waals surface area contributed by atoms with Crippen molar-refractivity contribution in [3.8, 4) is 5.75 Å². The molecule has 3 nitrogen and oxygen atoms in total. The van der Waals surface area contributed by atoms with Gasteiger partial charge in [-0.3, -0.25) is 4.98 Å². The number of rotatable bonds is 5. The van der Waals surface area contributed by atoms with Crippen molar-refractivity contribution in [2.45, 2.75) is 26.4 Å². The van der Waals surface area contributed by atoms with Crippen LogP contribution in [0.15, 0.2) is 42.7 Å². The van der Waals surface area contributed by atoms with Crippen molar-refractivity contribution < 1.29 is 9.84 Å². The van der Waals surface area contributed by atoms with Crippen molar-refractivity contribution in [2.75, 3.05) is 6.61 Å². The minimum atomic E-state index is -0.440. The lowest BCUT2D eigenvalue weighted by Crippen LogP contribution is -2.03. The van der Waals surface area contributed by atoms with E-state index in [1.165, 1.54) is 5.56 Å². The highest BCUT2D eigenvalue weighted by Crippen LogP contribution is 2.22. The van der Waals surface area contributed by atoms with Crippen molar-refractivity contribution in [3.63, 3.8) is 0 Å². The van der Waals surface area contributed by atoms with Gasteiger partial charge in [-0.15, -0.1) is 0 Å². The first kappa shape index (κ1) is 13.6. The lowest BCUT2D eigenvalue weighted by atomic mass is 10.1. The van der Waals surface area contributed by atoms with E-state index in [9.17, 15) is 5.11 Å². The van der Waals surface area contributed by atoms with Gasteiger partial charge in [0.15, 0.2) is 0 Å². The average molecular weight is 257 g/mol. The van der Waals surface area contributed by atoms with Gasteiger partial charge in [0.25, 0.3) is 0 Å². The standard InChI is InChI=1S/C16H19NO2/c1-12-11-15(13(2)18)3-4-16(12)19-10-7-14-5-8-17-9-6-14/h3-6,8-9,11,13,18H,7,10H2,1-2H3/t13-/m1/s1. The van der Waals surface area contributed by atoms with Gasteiger partial charge in [-0.2, -0.15) is 0 Å². The summed E-state index contributed by atoms with van der Waals surface area (Å²) in [7, 11) is 0. The van der Waals surface area contributed by atoms with E-state index in [4.69, 9.17) is 4.74 Å². The van der Waals surface area contributed by atoms with E-state index in [2.05, 4.69) is 4.98 Å². The molecular formula is C16H19NO2. The molecular weight excluding hydrogens is 238 g/mol. The maximum Gasteiger partial charge on any atom is 0.122 e. The summed E-state index contributed by atoms with van der Waals surface area (Å²) < 4.78 is 5.77. The topological polar surface area (TPSA) is 42.4 Å². The summed E-state index contributed by atoms with van der Waals surface area (Å²) in [5, 5.41) is 9.52. The van der Waals surface area contributed by atoms with Crippen LogP contribution in [0, 0.1) is 6.92 Å². The monoisotopic (exact) mass is 257 g/mol. The van der Waals surface area contributed by atoms with Gasteiger partial charge in [-0.05, 0) is 54.8 Å². The van der Waals surface area contributed by atoms with Crippen molar-refractivity contribution in [2.24, 2.45) is 0 Å². The minimum absolute atomic E-state index is 0.440. The SMILES string of the molecule is Cc1cc([C@@H](C)O)ccc1OCCc1ccncc1. The second kappa shape index (κ2) is 6.34. The Morgan fingerprint density at radius 2 is 1.95 bits per heavy atom. The predicted octanol–water partition coefficient (Wildman–Crippen LogP) is 3.06. The quantitative estimate of drug-likeness (QED) is 0.895. The molecule has 3 heteroatoms. The van der Waals surface area contributed by atoms with E-state index < -0.39 is 6.10 Å². The zero-order valence-corrected chi connectivity index (χ0v) is 11.3.